The van der Waals surface area contributed by atoms with Gasteiger partial charge in [-0.1, -0.05) is 38.1 Å². The maximum atomic E-state index is 12.2. The van der Waals surface area contributed by atoms with Gasteiger partial charge in [-0.15, -0.1) is 24.0 Å². The number of benzene rings is 1. The third kappa shape index (κ3) is 4.31. The second kappa shape index (κ2) is 9.01. The summed E-state index contributed by atoms with van der Waals surface area (Å²) >= 11 is 0. The molecule has 2 fully saturated rings. The van der Waals surface area contributed by atoms with Crippen LogP contribution in [-0.4, -0.2) is 49.5 Å². The zero-order chi connectivity index (χ0) is 19.0. The summed E-state index contributed by atoms with van der Waals surface area (Å²) in [5.41, 5.74) is 3.12. The minimum atomic E-state index is 0. The number of amides is 1. The van der Waals surface area contributed by atoms with Crippen molar-refractivity contribution in [2.75, 3.05) is 26.7 Å². The van der Waals surface area contributed by atoms with Gasteiger partial charge in [0.1, 0.15) is 0 Å². The van der Waals surface area contributed by atoms with E-state index in [0.717, 1.165) is 49.8 Å². The van der Waals surface area contributed by atoms with Gasteiger partial charge in [-0.3, -0.25) is 9.79 Å². The lowest BCUT2D eigenvalue weighted by atomic mass is 9.92. The van der Waals surface area contributed by atoms with Crippen molar-refractivity contribution >= 4 is 35.8 Å². The second-order valence-corrected chi connectivity index (χ2v) is 8.61. The first kappa shape index (κ1) is 21.4. The first-order valence-corrected chi connectivity index (χ1v) is 10.4. The number of nitrogens with zero attached hydrogens (tertiary/aromatic N) is 2. The van der Waals surface area contributed by atoms with Gasteiger partial charge in [-0.2, -0.15) is 0 Å². The number of halogens is 1. The first-order valence-electron chi connectivity index (χ1n) is 10.4. The highest BCUT2D eigenvalue weighted by atomic mass is 127. The summed E-state index contributed by atoms with van der Waals surface area (Å²) in [7, 11) is 1.83. The van der Waals surface area contributed by atoms with E-state index in [-0.39, 0.29) is 35.8 Å². The summed E-state index contributed by atoms with van der Waals surface area (Å²) in [6.07, 6.45) is 3.53. The molecule has 1 aromatic rings. The van der Waals surface area contributed by atoms with Gasteiger partial charge in [-0.25, -0.2) is 0 Å². The SMILES string of the molecule is CN=C(NCC1C2CCc3ccccc3C21)NC1CCN(C(=O)C(C)C)C1.I. The Hall–Kier alpha value is -1.31. The van der Waals surface area contributed by atoms with E-state index in [1.165, 1.54) is 12.8 Å². The molecule has 3 aliphatic rings. The van der Waals surface area contributed by atoms with Gasteiger partial charge in [0.25, 0.3) is 0 Å². The Morgan fingerprint density at radius 3 is 2.82 bits per heavy atom. The van der Waals surface area contributed by atoms with Crippen molar-refractivity contribution in [3.8, 4) is 0 Å². The molecule has 1 saturated carbocycles. The number of aryl methyl sites for hydroxylation is 1. The van der Waals surface area contributed by atoms with Crippen molar-refractivity contribution in [1.82, 2.24) is 15.5 Å². The zero-order valence-corrected chi connectivity index (χ0v) is 19.5. The van der Waals surface area contributed by atoms with Gasteiger partial charge in [0, 0.05) is 38.6 Å². The van der Waals surface area contributed by atoms with Crippen LogP contribution in [0, 0.1) is 17.8 Å². The molecule has 2 aliphatic carbocycles. The van der Waals surface area contributed by atoms with E-state index in [4.69, 9.17) is 0 Å². The fraction of sp³-hybridized carbons (Fsp3) is 0.636. The van der Waals surface area contributed by atoms with Gasteiger partial charge in [0.15, 0.2) is 5.96 Å². The normalized spacial score (nSPS) is 28.3. The molecule has 1 aromatic carbocycles. The van der Waals surface area contributed by atoms with Crippen molar-refractivity contribution in [3.05, 3.63) is 35.4 Å². The molecular formula is C22H33IN4O. The van der Waals surface area contributed by atoms with E-state index in [1.54, 1.807) is 11.1 Å². The molecule has 1 amide bonds. The summed E-state index contributed by atoms with van der Waals surface area (Å²) < 4.78 is 0. The average molecular weight is 496 g/mol. The molecule has 1 heterocycles. The van der Waals surface area contributed by atoms with Crippen LogP contribution in [0.1, 0.15) is 43.7 Å². The van der Waals surface area contributed by atoms with Crippen molar-refractivity contribution in [2.24, 2.45) is 22.7 Å². The van der Waals surface area contributed by atoms with Gasteiger partial charge in [-0.05, 0) is 48.1 Å². The Morgan fingerprint density at radius 2 is 2.07 bits per heavy atom. The van der Waals surface area contributed by atoms with E-state index in [2.05, 4.69) is 39.9 Å². The van der Waals surface area contributed by atoms with E-state index in [1.807, 2.05) is 25.8 Å². The number of hydrogen-bond acceptors (Lipinski definition) is 2. The predicted molar refractivity (Wildman–Crippen MR) is 124 cm³/mol. The lowest BCUT2D eigenvalue weighted by Gasteiger charge is -2.20. The van der Waals surface area contributed by atoms with Gasteiger partial charge in [0.2, 0.25) is 5.91 Å². The van der Waals surface area contributed by atoms with E-state index in [9.17, 15) is 4.79 Å². The van der Waals surface area contributed by atoms with Gasteiger partial charge >= 0.3 is 0 Å². The Morgan fingerprint density at radius 1 is 1.29 bits per heavy atom. The topological polar surface area (TPSA) is 56.7 Å². The standard InChI is InChI=1S/C22H32N4O.HI/c1-14(2)21(27)26-11-10-16(13-26)25-22(23-3)24-12-19-18-9-8-15-6-4-5-7-17(15)20(18)19;/h4-7,14,16,18-20H,8-13H2,1-3H3,(H2,23,24,25);1H. The van der Waals surface area contributed by atoms with Crippen molar-refractivity contribution in [3.63, 3.8) is 0 Å². The molecule has 4 unspecified atom stereocenters. The number of carbonyl (C=O) groups is 1. The third-order valence-electron chi connectivity index (χ3n) is 6.56. The van der Waals surface area contributed by atoms with Crippen LogP contribution in [0.2, 0.25) is 0 Å². The monoisotopic (exact) mass is 496 g/mol. The number of hydrogen-bond donors (Lipinski definition) is 2. The highest BCUT2D eigenvalue weighted by Gasteiger charge is 2.52. The summed E-state index contributed by atoms with van der Waals surface area (Å²) in [4.78, 5) is 18.5. The molecule has 0 aromatic heterocycles. The average Bonchev–Trinajstić information content (AvgIpc) is 3.21. The lowest BCUT2D eigenvalue weighted by Crippen LogP contribution is -2.45. The van der Waals surface area contributed by atoms with Gasteiger partial charge in [0.05, 0.1) is 0 Å². The Bertz CT molecular complexity index is 735. The summed E-state index contributed by atoms with van der Waals surface area (Å²) in [5, 5.41) is 7.07. The molecule has 0 spiro atoms. The molecule has 6 heteroatoms. The molecular weight excluding hydrogens is 463 g/mol. The summed E-state index contributed by atoms with van der Waals surface area (Å²) in [5.74, 6) is 3.47. The number of aliphatic imine (C=N–C) groups is 1. The largest absolute Gasteiger partial charge is 0.356 e. The number of nitrogens with one attached hydrogen (secondary N) is 2. The van der Waals surface area contributed by atoms with E-state index in [0.29, 0.717) is 6.04 Å². The lowest BCUT2D eigenvalue weighted by molar-refractivity contribution is -0.133. The maximum Gasteiger partial charge on any atom is 0.225 e. The molecule has 4 atom stereocenters. The van der Waals surface area contributed by atoms with Gasteiger partial charge < -0.3 is 15.5 Å². The van der Waals surface area contributed by atoms with Crippen LogP contribution in [0.25, 0.3) is 0 Å². The Balaban J connectivity index is 0.00000225. The fourth-order valence-corrected chi connectivity index (χ4v) is 5.03. The summed E-state index contributed by atoms with van der Waals surface area (Å²) in [6.45, 7) is 6.54. The highest BCUT2D eigenvalue weighted by Crippen LogP contribution is 2.59. The molecule has 0 radical (unpaired) electrons. The quantitative estimate of drug-likeness (QED) is 0.383. The zero-order valence-electron chi connectivity index (χ0n) is 17.1. The molecule has 4 rings (SSSR count). The van der Waals surface area contributed by atoms with Crippen LogP contribution in [0.4, 0.5) is 0 Å². The van der Waals surface area contributed by atoms with Crippen LogP contribution in [0.15, 0.2) is 29.3 Å². The highest BCUT2D eigenvalue weighted by molar-refractivity contribution is 14.0. The predicted octanol–water partition coefficient (Wildman–Crippen LogP) is 3.00. The van der Waals surface area contributed by atoms with Crippen LogP contribution >= 0.6 is 24.0 Å². The van der Waals surface area contributed by atoms with Crippen molar-refractivity contribution < 1.29 is 4.79 Å². The number of likely N-dealkylation sites (tertiary alicyclic amines) is 1. The first-order chi connectivity index (χ1) is 13.1. The van der Waals surface area contributed by atoms with Crippen molar-refractivity contribution in [1.29, 1.82) is 0 Å². The molecule has 1 saturated heterocycles. The van der Waals surface area contributed by atoms with E-state index >= 15 is 0 Å². The van der Waals surface area contributed by atoms with Crippen LogP contribution in [0.3, 0.4) is 0 Å². The molecule has 1 aliphatic heterocycles. The minimum absolute atomic E-state index is 0. The number of guanidine groups is 1. The van der Waals surface area contributed by atoms with Crippen LogP contribution in [-0.2, 0) is 11.2 Å². The number of carbonyl (C=O) groups excluding carboxylic acids is 1. The second-order valence-electron chi connectivity index (χ2n) is 8.61. The number of rotatable bonds is 4. The molecule has 2 N–H and O–H groups in total. The molecule has 154 valence electrons. The summed E-state index contributed by atoms with van der Waals surface area (Å²) in [6, 6.07) is 9.24. The maximum absolute atomic E-state index is 12.2. The van der Waals surface area contributed by atoms with Crippen LogP contribution < -0.4 is 10.6 Å². The molecule has 28 heavy (non-hydrogen) atoms. The Kier molecular flexibility index (Phi) is 6.89. The number of fused-ring (bicyclic) bond motifs is 3. The third-order valence-corrected chi connectivity index (χ3v) is 6.56. The molecule has 0 bridgehead atoms. The molecule has 5 nitrogen and oxygen atoms in total. The van der Waals surface area contributed by atoms with Crippen molar-refractivity contribution in [2.45, 2.75) is 45.1 Å². The fourth-order valence-electron chi connectivity index (χ4n) is 5.03. The smallest absolute Gasteiger partial charge is 0.225 e. The Labute approximate surface area is 185 Å². The minimum Gasteiger partial charge on any atom is -0.356 e. The van der Waals surface area contributed by atoms with E-state index < -0.39 is 0 Å². The van der Waals surface area contributed by atoms with Crippen LogP contribution in [0.5, 0.6) is 0 Å².